The summed E-state index contributed by atoms with van der Waals surface area (Å²) in [6.45, 7) is 2.26. The molecule has 0 radical (unpaired) electrons. The number of non-ortho nitro benzene ring substituents is 1. The van der Waals surface area contributed by atoms with E-state index >= 15 is 0 Å². The van der Waals surface area contributed by atoms with Crippen LogP contribution in [0.3, 0.4) is 0 Å². The van der Waals surface area contributed by atoms with E-state index in [1.807, 2.05) is 13.0 Å². The monoisotopic (exact) mass is 284 g/mol. The van der Waals surface area contributed by atoms with Gasteiger partial charge in [-0.15, -0.1) is 0 Å². The van der Waals surface area contributed by atoms with Crippen molar-refractivity contribution in [1.29, 1.82) is 5.26 Å². The van der Waals surface area contributed by atoms with Gasteiger partial charge in [0.15, 0.2) is 0 Å². The van der Waals surface area contributed by atoms with Gasteiger partial charge in [-0.2, -0.15) is 5.26 Å². The lowest BCUT2D eigenvalue weighted by molar-refractivity contribution is -0.384. The molecule has 6 nitrogen and oxygen atoms in total. The number of nitrogens with zero attached hydrogens (tertiary/aromatic N) is 2. The fraction of sp³-hybridized carbons (Fsp3) is 0.133. The first-order chi connectivity index (χ1) is 10.1. The number of ether oxygens (including phenoxy) is 2. The van der Waals surface area contributed by atoms with E-state index in [0.717, 1.165) is 0 Å². The molecule has 0 aliphatic rings. The fourth-order valence-corrected chi connectivity index (χ4v) is 1.71. The zero-order chi connectivity index (χ0) is 15.2. The lowest BCUT2D eigenvalue weighted by Crippen LogP contribution is -1.95. The highest BCUT2D eigenvalue weighted by Crippen LogP contribution is 2.29. The van der Waals surface area contributed by atoms with Crippen LogP contribution in [-0.4, -0.2) is 11.5 Å². The quantitative estimate of drug-likeness (QED) is 0.617. The van der Waals surface area contributed by atoms with E-state index in [4.69, 9.17) is 14.7 Å². The van der Waals surface area contributed by atoms with Crippen molar-refractivity contribution in [2.75, 3.05) is 6.61 Å². The second-order valence-corrected chi connectivity index (χ2v) is 4.06. The number of nitro benzene ring substituents is 1. The molecular formula is C15H12N2O4. The standard InChI is InChI=1S/C15H12N2O4/c1-2-20-15-9-14(6-3-11(15)10-16)21-13-7-4-12(5-8-13)17(18)19/h3-9H,2H2,1H3. The summed E-state index contributed by atoms with van der Waals surface area (Å²) < 4.78 is 11.0. The van der Waals surface area contributed by atoms with E-state index < -0.39 is 4.92 Å². The molecule has 0 aliphatic carbocycles. The summed E-state index contributed by atoms with van der Waals surface area (Å²) in [6, 6.07) is 12.6. The molecule has 106 valence electrons. The van der Waals surface area contributed by atoms with Gasteiger partial charge in [-0.1, -0.05) is 0 Å². The Morgan fingerprint density at radius 1 is 1.19 bits per heavy atom. The Morgan fingerprint density at radius 3 is 2.43 bits per heavy atom. The molecule has 0 fully saturated rings. The lowest BCUT2D eigenvalue weighted by atomic mass is 10.2. The van der Waals surface area contributed by atoms with Crippen LogP contribution in [0.15, 0.2) is 42.5 Å². The van der Waals surface area contributed by atoms with Crippen LogP contribution in [-0.2, 0) is 0 Å². The minimum Gasteiger partial charge on any atom is -0.492 e. The maximum atomic E-state index is 10.6. The van der Waals surface area contributed by atoms with Gasteiger partial charge < -0.3 is 9.47 Å². The smallest absolute Gasteiger partial charge is 0.269 e. The minimum atomic E-state index is -0.474. The molecule has 0 unspecified atom stereocenters. The topological polar surface area (TPSA) is 85.4 Å². The zero-order valence-electron chi connectivity index (χ0n) is 11.3. The van der Waals surface area contributed by atoms with Crippen molar-refractivity contribution in [3.63, 3.8) is 0 Å². The number of nitro groups is 1. The molecule has 0 spiro atoms. The summed E-state index contributed by atoms with van der Waals surface area (Å²) in [5, 5.41) is 19.5. The van der Waals surface area contributed by atoms with E-state index in [0.29, 0.717) is 29.4 Å². The van der Waals surface area contributed by atoms with Crippen molar-refractivity contribution in [2.24, 2.45) is 0 Å². The van der Waals surface area contributed by atoms with E-state index in [2.05, 4.69) is 0 Å². The molecule has 6 heteroatoms. The average molecular weight is 284 g/mol. The summed E-state index contributed by atoms with van der Waals surface area (Å²) >= 11 is 0. The second-order valence-electron chi connectivity index (χ2n) is 4.06. The molecular weight excluding hydrogens is 272 g/mol. The van der Waals surface area contributed by atoms with Gasteiger partial charge in [-0.3, -0.25) is 10.1 Å². The molecule has 2 rings (SSSR count). The first-order valence-electron chi connectivity index (χ1n) is 6.23. The molecule has 0 heterocycles. The maximum Gasteiger partial charge on any atom is 0.269 e. The van der Waals surface area contributed by atoms with Crippen LogP contribution in [0.4, 0.5) is 5.69 Å². The summed E-state index contributed by atoms with van der Waals surface area (Å²) in [5.74, 6) is 1.40. The SMILES string of the molecule is CCOc1cc(Oc2ccc([N+](=O)[O-])cc2)ccc1C#N. The molecule has 2 aromatic carbocycles. The summed E-state index contributed by atoms with van der Waals surface area (Å²) in [6.07, 6.45) is 0. The van der Waals surface area contributed by atoms with Crippen LogP contribution in [0.25, 0.3) is 0 Å². The van der Waals surface area contributed by atoms with E-state index in [1.54, 1.807) is 18.2 Å². The highest BCUT2D eigenvalue weighted by molar-refractivity contribution is 5.48. The third kappa shape index (κ3) is 3.48. The van der Waals surface area contributed by atoms with Crippen LogP contribution < -0.4 is 9.47 Å². The van der Waals surface area contributed by atoms with Crippen LogP contribution in [0.1, 0.15) is 12.5 Å². The Hall–Kier alpha value is -3.07. The molecule has 0 atom stereocenters. The Balaban J connectivity index is 2.21. The molecule has 0 saturated heterocycles. The largest absolute Gasteiger partial charge is 0.492 e. The van der Waals surface area contributed by atoms with E-state index in [9.17, 15) is 10.1 Å². The van der Waals surface area contributed by atoms with Crippen molar-refractivity contribution in [2.45, 2.75) is 6.92 Å². The average Bonchev–Trinajstić information content (AvgIpc) is 2.48. The van der Waals surface area contributed by atoms with Gasteiger partial charge in [0.25, 0.3) is 5.69 Å². The number of hydrogen-bond donors (Lipinski definition) is 0. The first-order valence-corrected chi connectivity index (χ1v) is 6.23. The lowest BCUT2D eigenvalue weighted by Gasteiger charge is -2.09. The number of rotatable bonds is 5. The number of nitriles is 1. The molecule has 21 heavy (non-hydrogen) atoms. The van der Waals surface area contributed by atoms with Gasteiger partial charge >= 0.3 is 0 Å². The van der Waals surface area contributed by atoms with Crippen molar-refractivity contribution < 1.29 is 14.4 Å². The number of benzene rings is 2. The molecule has 0 amide bonds. The number of hydrogen-bond acceptors (Lipinski definition) is 5. The predicted molar refractivity (Wildman–Crippen MR) is 75.5 cm³/mol. The molecule has 0 saturated carbocycles. The Morgan fingerprint density at radius 2 is 1.86 bits per heavy atom. The van der Waals surface area contributed by atoms with Crippen molar-refractivity contribution >= 4 is 5.69 Å². The van der Waals surface area contributed by atoms with E-state index in [1.165, 1.54) is 24.3 Å². The molecule has 0 N–H and O–H groups in total. The molecule has 0 aromatic heterocycles. The third-order valence-electron chi connectivity index (χ3n) is 2.66. The van der Waals surface area contributed by atoms with Crippen LogP contribution in [0, 0.1) is 21.4 Å². The van der Waals surface area contributed by atoms with Crippen molar-refractivity contribution in [3.8, 4) is 23.3 Å². The first kappa shape index (κ1) is 14.3. The van der Waals surface area contributed by atoms with Gasteiger partial charge in [0.2, 0.25) is 0 Å². The van der Waals surface area contributed by atoms with Gasteiger partial charge in [-0.25, -0.2) is 0 Å². The van der Waals surface area contributed by atoms with Crippen LogP contribution in [0.5, 0.6) is 17.2 Å². The zero-order valence-corrected chi connectivity index (χ0v) is 11.3. The molecule has 0 bridgehead atoms. The van der Waals surface area contributed by atoms with Gasteiger partial charge in [0, 0.05) is 18.2 Å². The normalized spacial score (nSPS) is 9.71. The van der Waals surface area contributed by atoms with Crippen LogP contribution >= 0.6 is 0 Å². The highest BCUT2D eigenvalue weighted by atomic mass is 16.6. The van der Waals surface area contributed by atoms with Crippen LogP contribution in [0.2, 0.25) is 0 Å². The highest BCUT2D eigenvalue weighted by Gasteiger charge is 2.08. The van der Waals surface area contributed by atoms with E-state index in [-0.39, 0.29) is 5.69 Å². The Bertz CT molecular complexity index is 690. The summed E-state index contributed by atoms with van der Waals surface area (Å²) in [4.78, 5) is 10.1. The Kier molecular flexibility index (Phi) is 4.36. The van der Waals surface area contributed by atoms with Gasteiger partial charge in [0.05, 0.1) is 17.1 Å². The minimum absolute atomic E-state index is 0.00261. The van der Waals surface area contributed by atoms with Crippen molar-refractivity contribution in [3.05, 3.63) is 58.1 Å². The van der Waals surface area contributed by atoms with Crippen molar-refractivity contribution in [1.82, 2.24) is 0 Å². The molecule has 0 aliphatic heterocycles. The maximum absolute atomic E-state index is 10.6. The fourth-order valence-electron chi connectivity index (χ4n) is 1.71. The predicted octanol–water partition coefficient (Wildman–Crippen LogP) is 3.66. The Labute approximate surface area is 121 Å². The second kappa shape index (κ2) is 6.39. The summed E-state index contributed by atoms with van der Waals surface area (Å²) in [5.41, 5.74) is 0.421. The van der Waals surface area contributed by atoms with Gasteiger partial charge in [0.1, 0.15) is 23.3 Å². The molecule has 2 aromatic rings. The third-order valence-corrected chi connectivity index (χ3v) is 2.66. The summed E-state index contributed by atoms with van der Waals surface area (Å²) in [7, 11) is 0. The van der Waals surface area contributed by atoms with Gasteiger partial charge in [-0.05, 0) is 31.2 Å².